The van der Waals surface area contributed by atoms with Gasteiger partial charge in [0.2, 0.25) is 0 Å². The summed E-state index contributed by atoms with van der Waals surface area (Å²) in [6.45, 7) is 17.8. The molecular weight excluding hydrogens is 424 g/mol. The molecule has 0 amide bonds. The first kappa shape index (κ1) is 25.2. The maximum atomic E-state index is 12.9. The Kier molecular flexibility index (Phi) is 5.42. The van der Waals surface area contributed by atoms with Crippen LogP contribution in [0.1, 0.15) is 113 Å². The van der Waals surface area contributed by atoms with Crippen LogP contribution in [0.3, 0.4) is 0 Å². The summed E-state index contributed by atoms with van der Waals surface area (Å²) < 4.78 is 6.65. The third-order valence-electron chi connectivity index (χ3n) is 13.0. The maximum Gasteiger partial charge on any atom is 0.138 e. The summed E-state index contributed by atoms with van der Waals surface area (Å²) in [6.07, 6.45) is 8.43. The van der Waals surface area contributed by atoms with Crippen LogP contribution in [0.15, 0.2) is 0 Å². The molecule has 2 N–H and O–H groups in total. The average molecular weight is 475 g/mol. The van der Waals surface area contributed by atoms with Crippen molar-refractivity contribution in [2.45, 2.75) is 137 Å². The van der Waals surface area contributed by atoms with Gasteiger partial charge in [-0.25, -0.2) is 0 Å². The molecule has 0 bridgehead atoms. The van der Waals surface area contributed by atoms with Crippen molar-refractivity contribution in [2.75, 3.05) is 0 Å². The van der Waals surface area contributed by atoms with Gasteiger partial charge in [-0.3, -0.25) is 4.79 Å². The highest BCUT2D eigenvalue weighted by Gasteiger charge is 2.71. The Morgan fingerprint density at radius 2 is 1.53 bits per heavy atom. The van der Waals surface area contributed by atoms with Crippen molar-refractivity contribution >= 4 is 5.78 Å². The fraction of sp³-hybridized carbons (Fsp3) is 0.967. The predicted molar refractivity (Wildman–Crippen MR) is 134 cm³/mol. The van der Waals surface area contributed by atoms with Crippen molar-refractivity contribution < 1.29 is 19.7 Å². The minimum absolute atomic E-state index is 0.0682. The van der Waals surface area contributed by atoms with E-state index < -0.39 is 5.60 Å². The molecule has 0 aromatic heterocycles. The van der Waals surface area contributed by atoms with Gasteiger partial charge in [-0.2, -0.15) is 0 Å². The molecule has 0 unspecified atom stereocenters. The first-order valence-electron chi connectivity index (χ1n) is 14.1. The molecule has 4 saturated carbocycles. The van der Waals surface area contributed by atoms with Crippen molar-refractivity contribution in [3.8, 4) is 0 Å². The number of carbonyl (C=O) groups excluding carboxylic acids is 1. The number of hydrogen-bond donors (Lipinski definition) is 2. The molecule has 4 nitrogen and oxygen atoms in total. The molecule has 1 saturated heterocycles. The van der Waals surface area contributed by atoms with Gasteiger partial charge in [0, 0.05) is 11.8 Å². The van der Waals surface area contributed by atoms with Crippen molar-refractivity contribution in [1.29, 1.82) is 0 Å². The number of carbonyl (C=O) groups is 1. The first-order valence-corrected chi connectivity index (χ1v) is 14.1. The monoisotopic (exact) mass is 474 g/mol. The van der Waals surface area contributed by atoms with Gasteiger partial charge in [0.05, 0.1) is 23.4 Å². The van der Waals surface area contributed by atoms with E-state index in [-0.39, 0.29) is 45.4 Å². The summed E-state index contributed by atoms with van der Waals surface area (Å²) in [5.41, 5.74) is -1.03. The molecule has 4 heteroatoms. The van der Waals surface area contributed by atoms with Crippen molar-refractivity contribution in [3.63, 3.8) is 0 Å². The van der Waals surface area contributed by atoms with Crippen molar-refractivity contribution in [2.24, 2.45) is 45.3 Å². The van der Waals surface area contributed by atoms with E-state index in [4.69, 9.17) is 4.74 Å². The molecule has 5 aliphatic rings. The number of aliphatic hydroxyl groups is 2. The van der Waals surface area contributed by atoms with Gasteiger partial charge in [-0.05, 0) is 112 Å². The fourth-order valence-corrected chi connectivity index (χ4v) is 10.9. The normalized spacial score (nSPS) is 54.9. The van der Waals surface area contributed by atoms with Crippen LogP contribution < -0.4 is 0 Å². The highest BCUT2D eigenvalue weighted by Crippen LogP contribution is 2.75. The van der Waals surface area contributed by atoms with E-state index in [1.807, 2.05) is 13.8 Å². The molecule has 5 fully saturated rings. The molecule has 0 radical (unpaired) electrons. The zero-order valence-corrected chi connectivity index (χ0v) is 23.0. The third kappa shape index (κ3) is 3.09. The van der Waals surface area contributed by atoms with Gasteiger partial charge in [0.1, 0.15) is 5.78 Å². The number of aliphatic hydroxyl groups excluding tert-OH is 1. The molecule has 1 heterocycles. The Labute approximate surface area is 207 Å². The van der Waals surface area contributed by atoms with E-state index in [0.29, 0.717) is 30.0 Å². The third-order valence-corrected chi connectivity index (χ3v) is 13.0. The van der Waals surface area contributed by atoms with Gasteiger partial charge < -0.3 is 14.9 Å². The van der Waals surface area contributed by atoms with E-state index in [9.17, 15) is 15.0 Å². The van der Waals surface area contributed by atoms with E-state index in [2.05, 4.69) is 41.5 Å². The van der Waals surface area contributed by atoms with Crippen molar-refractivity contribution in [3.05, 3.63) is 0 Å². The molecular formula is C30H50O4. The van der Waals surface area contributed by atoms with E-state index in [1.54, 1.807) is 0 Å². The SMILES string of the molecule is CC(C)(O)[C@H]1CC[C@@](C)([C@H]2CC[C@]3(C)[C@@H]2[C@H](O)C[C@H]2[C@@]4(C)CCC(=O)C(C)(C)[C@H]4CC[C@]23C)O1. The van der Waals surface area contributed by atoms with Gasteiger partial charge >= 0.3 is 0 Å². The number of ketones is 1. The van der Waals surface area contributed by atoms with Crippen LogP contribution in [0.4, 0.5) is 0 Å². The Morgan fingerprint density at radius 3 is 2.15 bits per heavy atom. The number of rotatable bonds is 2. The number of hydrogen-bond acceptors (Lipinski definition) is 4. The van der Waals surface area contributed by atoms with Crippen LogP contribution >= 0.6 is 0 Å². The highest BCUT2D eigenvalue weighted by molar-refractivity contribution is 5.85. The van der Waals surface area contributed by atoms with E-state index >= 15 is 0 Å². The number of Topliss-reactive ketones (excluding diaryl/α,β-unsaturated/α-hetero) is 1. The lowest BCUT2D eigenvalue weighted by atomic mass is 9.35. The summed E-state index contributed by atoms with van der Waals surface area (Å²) >= 11 is 0. The summed E-state index contributed by atoms with van der Waals surface area (Å²) in [4.78, 5) is 12.9. The zero-order chi connectivity index (χ0) is 25.1. The van der Waals surface area contributed by atoms with Crippen LogP contribution in [0.5, 0.6) is 0 Å². The predicted octanol–water partition coefficient (Wildman–Crippen LogP) is 5.92. The Balaban J connectivity index is 1.49. The topological polar surface area (TPSA) is 66.8 Å². The molecule has 34 heavy (non-hydrogen) atoms. The lowest BCUT2D eigenvalue weighted by molar-refractivity contribution is -0.235. The van der Waals surface area contributed by atoms with Crippen LogP contribution in [0, 0.1) is 45.3 Å². The smallest absolute Gasteiger partial charge is 0.138 e. The van der Waals surface area contributed by atoms with E-state index in [1.165, 1.54) is 0 Å². The van der Waals surface area contributed by atoms with Crippen LogP contribution in [-0.2, 0) is 9.53 Å². The summed E-state index contributed by atoms with van der Waals surface area (Å²) in [7, 11) is 0. The largest absolute Gasteiger partial charge is 0.393 e. The molecule has 0 aromatic carbocycles. The molecule has 5 rings (SSSR count). The maximum absolute atomic E-state index is 12.9. The molecule has 10 atom stereocenters. The lowest BCUT2D eigenvalue weighted by Crippen LogP contribution is -2.66. The molecule has 0 aromatic rings. The van der Waals surface area contributed by atoms with Gasteiger partial charge in [0.15, 0.2) is 0 Å². The van der Waals surface area contributed by atoms with Crippen LogP contribution in [0.25, 0.3) is 0 Å². The van der Waals surface area contributed by atoms with Gasteiger partial charge in [-0.1, -0.05) is 34.6 Å². The average Bonchev–Trinajstić information content (AvgIpc) is 3.30. The fourth-order valence-electron chi connectivity index (χ4n) is 10.9. The summed E-state index contributed by atoms with van der Waals surface area (Å²) in [6, 6.07) is 0. The lowest BCUT2D eigenvalue weighted by Gasteiger charge is -2.69. The second-order valence-electron chi connectivity index (χ2n) is 15.2. The highest BCUT2D eigenvalue weighted by atomic mass is 16.5. The minimum atomic E-state index is -0.833. The van der Waals surface area contributed by atoms with Gasteiger partial charge in [-0.15, -0.1) is 0 Å². The summed E-state index contributed by atoms with van der Waals surface area (Å²) in [5, 5.41) is 22.5. The molecule has 0 spiro atoms. The molecule has 4 aliphatic carbocycles. The quantitative estimate of drug-likeness (QED) is 0.521. The minimum Gasteiger partial charge on any atom is -0.393 e. The van der Waals surface area contributed by atoms with E-state index in [0.717, 1.165) is 51.4 Å². The standard InChI is InChI=1S/C30H50O4/c1-25(2)20-10-15-28(6)21(27(20,5)13-11-22(25)32)17-19(31)24-18(9-14-29(24,28)7)30(8)16-12-23(34-30)26(3,4)33/h18-21,23-24,31,33H,9-17H2,1-8H3/t18-,19+,20+,21-,23+,24-,27-,28+,29+,30-/m0/s1. The summed E-state index contributed by atoms with van der Waals surface area (Å²) in [5.74, 6) is 1.85. The van der Waals surface area contributed by atoms with Gasteiger partial charge in [0.25, 0.3) is 0 Å². The Bertz CT molecular complexity index is 858. The second kappa shape index (κ2) is 7.32. The molecule has 1 aliphatic heterocycles. The first-order chi connectivity index (χ1) is 15.5. The second-order valence-corrected chi connectivity index (χ2v) is 15.2. The number of fused-ring (bicyclic) bond motifs is 5. The molecule has 194 valence electrons. The van der Waals surface area contributed by atoms with Crippen LogP contribution in [0.2, 0.25) is 0 Å². The van der Waals surface area contributed by atoms with Crippen LogP contribution in [-0.4, -0.2) is 39.4 Å². The Hall–Kier alpha value is -0.450. The van der Waals surface area contributed by atoms with Crippen molar-refractivity contribution in [1.82, 2.24) is 0 Å². The Morgan fingerprint density at radius 1 is 0.882 bits per heavy atom. The zero-order valence-electron chi connectivity index (χ0n) is 23.0. The number of ether oxygens (including phenoxy) is 1.